The molecule has 1 rings (SSSR count). The lowest BCUT2D eigenvalue weighted by Gasteiger charge is -2.11. The zero-order chi connectivity index (χ0) is 13.8. The highest BCUT2D eigenvalue weighted by Crippen LogP contribution is 2.31. The molecule has 0 amide bonds. The number of rotatable bonds is 4. The van der Waals surface area contributed by atoms with E-state index < -0.39 is 22.5 Å². The van der Waals surface area contributed by atoms with Crippen LogP contribution in [0.4, 0.5) is 18.9 Å². The number of nitrogens with zero attached hydrogens (tertiary/aromatic N) is 1. The number of nitriles is 1. The summed E-state index contributed by atoms with van der Waals surface area (Å²) >= 11 is 0. The van der Waals surface area contributed by atoms with Gasteiger partial charge in [0, 0.05) is 29.4 Å². The lowest BCUT2D eigenvalue weighted by molar-refractivity contribution is -0.137. The van der Waals surface area contributed by atoms with Crippen LogP contribution in [0.3, 0.4) is 0 Å². The third kappa shape index (κ3) is 4.04. The maximum absolute atomic E-state index is 12.4. The standard InChI is InChI=1S/C11H11F3N2OS/c1-18(17)5-4-16-10-3-2-9(11(12,13)14)6-8(10)7-15/h2-3,6,16H,4-5H2,1H3. The molecule has 0 radical (unpaired) electrons. The van der Waals surface area contributed by atoms with E-state index in [1.54, 1.807) is 6.07 Å². The first-order chi connectivity index (χ1) is 8.34. The van der Waals surface area contributed by atoms with Gasteiger partial charge in [0.05, 0.1) is 16.8 Å². The van der Waals surface area contributed by atoms with E-state index in [9.17, 15) is 17.4 Å². The Labute approximate surface area is 105 Å². The summed E-state index contributed by atoms with van der Waals surface area (Å²) in [6.07, 6.45) is -2.94. The van der Waals surface area contributed by atoms with E-state index in [0.717, 1.165) is 12.1 Å². The Morgan fingerprint density at radius 1 is 1.44 bits per heavy atom. The first-order valence-corrected chi connectivity index (χ1v) is 6.72. The Bertz CT molecular complexity index is 494. The van der Waals surface area contributed by atoms with Gasteiger partial charge in [-0.15, -0.1) is 0 Å². The third-order valence-electron chi connectivity index (χ3n) is 2.17. The summed E-state index contributed by atoms with van der Waals surface area (Å²) in [5, 5.41) is 11.6. The van der Waals surface area contributed by atoms with Gasteiger partial charge in [-0.05, 0) is 18.2 Å². The molecule has 0 saturated heterocycles. The van der Waals surface area contributed by atoms with E-state index in [0.29, 0.717) is 18.0 Å². The van der Waals surface area contributed by atoms with Crippen LogP contribution in [0.1, 0.15) is 11.1 Å². The highest BCUT2D eigenvalue weighted by Gasteiger charge is 2.30. The summed E-state index contributed by atoms with van der Waals surface area (Å²) in [4.78, 5) is 0. The minimum Gasteiger partial charge on any atom is -0.383 e. The van der Waals surface area contributed by atoms with Crippen molar-refractivity contribution in [1.82, 2.24) is 0 Å². The van der Waals surface area contributed by atoms with Gasteiger partial charge in [0.25, 0.3) is 0 Å². The Morgan fingerprint density at radius 2 is 2.11 bits per heavy atom. The number of benzene rings is 1. The molecule has 0 aliphatic heterocycles. The van der Waals surface area contributed by atoms with Crippen molar-refractivity contribution in [3.63, 3.8) is 0 Å². The summed E-state index contributed by atoms with van der Waals surface area (Å²) in [5.74, 6) is 0.367. The van der Waals surface area contributed by atoms with Crippen LogP contribution < -0.4 is 5.32 Å². The molecule has 0 heterocycles. The summed E-state index contributed by atoms with van der Waals surface area (Å²) in [7, 11) is -0.992. The molecule has 1 aromatic carbocycles. The first kappa shape index (κ1) is 14.5. The maximum Gasteiger partial charge on any atom is 0.416 e. The Morgan fingerprint density at radius 3 is 2.61 bits per heavy atom. The van der Waals surface area contributed by atoms with Gasteiger partial charge in [-0.1, -0.05) is 0 Å². The molecule has 1 atom stereocenters. The van der Waals surface area contributed by atoms with Crippen LogP contribution in [0, 0.1) is 11.3 Å². The topological polar surface area (TPSA) is 52.9 Å². The number of hydrogen-bond acceptors (Lipinski definition) is 3. The van der Waals surface area contributed by atoms with Crippen molar-refractivity contribution in [1.29, 1.82) is 5.26 Å². The van der Waals surface area contributed by atoms with Crippen molar-refractivity contribution in [2.75, 3.05) is 23.9 Å². The zero-order valence-corrected chi connectivity index (χ0v) is 10.4. The van der Waals surface area contributed by atoms with Gasteiger partial charge in [-0.2, -0.15) is 18.4 Å². The number of alkyl halides is 3. The molecule has 1 unspecified atom stereocenters. The van der Waals surface area contributed by atoms with E-state index in [-0.39, 0.29) is 5.56 Å². The van der Waals surface area contributed by atoms with E-state index in [4.69, 9.17) is 5.26 Å². The predicted octanol–water partition coefficient (Wildman–Crippen LogP) is 2.37. The SMILES string of the molecule is CS(=O)CCNc1ccc(C(F)(F)F)cc1C#N. The van der Waals surface area contributed by atoms with E-state index in [2.05, 4.69) is 5.32 Å². The minimum absolute atomic E-state index is 0.0771. The average Bonchev–Trinajstić information content (AvgIpc) is 2.27. The first-order valence-electron chi connectivity index (χ1n) is 5.00. The van der Waals surface area contributed by atoms with Crippen molar-refractivity contribution in [3.8, 4) is 6.07 Å². The summed E-state index contributed by atoms with van der Waals surface area (Å²) in [6.45, 7) is 0.336. The molecule has 0 aromatic heterocycles. The molecule has 98 valence electrons. The highest BCUT2D eigenvalue weighted by molar-refractivity contribution is 7.84. The Kier molecular flexibility index (Phi) is 4.73. The molecule has 1 aromatic rings. The number of hydrogen-bond donors (Lipinski definition) is 1. The summed E-state index contributed by atoms with van der Waals surface area (Å²) in [6, 6.07) is 4.62. The van der Waals surface area contributed by atoms with Gasteiger partial charge in [0.15, 0.2) is 0 Å². The van der Waals surface area contributed by atoms with Crippen molar-refractivity contribution < 1.29 is 17.4 Å². The third-order valence-corrected chi connectivity index (χ3v) is 2.95. The fourth-order valence-electron chi connectivity index (χ4n) is 1.30. The van der Waals surface area contributed by atoms with Gasteiger partial charge >= 0.3 is 6.18 Å². The van der Waals surface area contributed by atoms with Crippen molar-refractivity contribution in [2.45, 2.75) is 6.18 Å². The van der Waals surface area contributed by atoms with Gasteiger partial charge < -0.3 is 5.32 Å². The average molecular weight is 276 g/mol. The lowest BCUT2D eigenvalue weighted by atomic mass is 10.1. The molecule has 0 saturated carbocycles. The predicted molar refractivity (Wildman–Crippen MR) is 63.6 cm³/mol. The van der Waals surface area contributed by atoms with Crippen LogP contribution in [-0.4, -0.2) is 22.8 Å². The van der Waals surface area contributed by atoms with Crippen LogP contribution in [0.2, 0.25) is 0 Å². The number of nitrogens with one attached hydrogen (secondary N) is 1. The molecular weight excluding hydrogens is 265 g/mol. The Hall–Kier alpha value is -1.55. The normalized spacial score (nSPS) is 12.8. The smallest absolute Gasteiger partial charge is 0.383 e. The molecule has 0 fully saturated rings. The van der Waals surface area contributed by atoms with Gasteiger partial charge in [0.1, 0.15) is 6.07 Å². The molecule has 7 heteroatoms. The zero-order valence-electron chi connectivity index (χ0n) is 9.54. The van der Waals surface area contributed by atoms with E-state index >= 15 is 0 Å². The fraction of sp³-hybridized carbons (Fsp3) is 0.364. The molecule has 0 aliphatic carbocycles. The molecule has 3 nitrogen and oxygen atoms in total. The van der Waals surface area contributed by atoms with Crippen molar-refractivity contribution >= 4 is 16.5 Å². The van der Waals surface area contributed by atoms with Gasteiger partial charge in [-0.25, -0.2) is 0 Å². The minimum atomic E-state index is -4.46. The summed E-state index contributed by atoms with van der Waals surface area (Å²) < 4.78 is 48.1. The van der Waals surface area contributed by atoms with E-state index in [1.807, 2.05) is 0 Å². The fourth-order valence-corrected chi connectivity index (χ4v) is 1.69. The molecule has 0 aliphatic rings. The molecular formula is C11H11F3N2OS. The maximum atomic E-state index is 12.4. The second-order valence-corrected chi connectivity index (χ2v) is 5.13. The second kappa shape index (κ2) is 5.87. The molecule has 0 spiro atoms. The second-order valence-electron chi connectivity index (χ2n) is 3.57. The quantitative estimate of drug-likeness (QED) is 0.918. The molecule has 0 bridgehead atoms. The van der Waals surface area contributed by atoms with Gasteiger partial charge in [-0.3, -0.25) is 4.21 Å². The van der Waals surface area contributed by atoms with Crippen molar-refractivity contribution in [2.24, 2.45) is 0 Å². The van der Waals surface area contributed by atoms with Crippen LogP contribution in [0.25, 0.3) is 0 Å². The number of anilines is 1. The van der Waals surface area contributed by atoms with Crippen LogP contribution in [0.15, 0.2) is 18.2 Å². The van der Waals surface area contributed by atoms with Crippen LogP contribution in [0.5, 0.6) is 0 Å². The van der Waals surface area contributed by atoms with Crippen molar-refractivity contribution in [3.05, 3.63) is 29.3 Å². The molecule has 18 heavy (non-hydrogen) atoms. The lowest BCUT2D eigenvalue weighted by Crippen LogP contribution is -2.12. The Balaban J connectivity index is 2.88. The van der Waals surface area contributed by atoms with Crippen LogP contribution >= 0.6 is 0 Å². The summed E-state index contributed by atoms with van der Waals surface area (Å²) in [5.41, 5.74) is -0.619. The monoisotopic (exact) mass is 276 g/mol. The van der Waals surface area contributed by atoms with E-state index in [1.165, 1.54) is 12.3 Å². The highest BCUT2D eigenvalue weighted by atomic mass is 32.2. The largest absolute Gasteiger partial charge is 0.416 e. The number of halogens is 3. The van der Waals surface area contributed by atoms with Crippen LogP contribution in [-0.2, 0) is 17.0 Å². The molecule has 1 N–H and O–H groups in total. The van der Waals surface area contributed by atoms with Gasteiger partial charge in [0.2, 0.25) is 0 Å².